The lowest BCUT2D eigenvalue weighted by Crippen LogP contribution is -2.26. The average Bonchev–Trinajstić information content (AvgIpc) is 2.40. The second-order valence-electron chi connectivity index (χ2n) is 3.75. The molecule has 0 fully saturated rings. The van der Waals surface area contributed by atoms with Crippen molar-refractivity contribution in [2.24, 2.45) is 0 Å². The summed E-state index contributed by atoms with van der Waals surface area (Å²) in [5.41, 5.74) is 1.33. The zero-order chi connectivity index (χ0) is 13.4. The van der Waals surface area contributed by atoms with Crippen LogP contribution in [0.1, 0.15) is 30.8 Å². The first kappa shape index (κ1) is 14.0. The van der Waals surface area contributed by atoms with Crippen molar-refractivity contribution in [1.29, 1.82) is 5.26 Å². The van der Waals surface area contributed by atoms with Crippen LogP contribution in [-0.2, 0) is 0 Å². The number of hydrogen-bond donors (Lipinski definition) is 1. The summed E-state index contributed by atoms with van der Waals surface area (Å²) in [4.78, 5) is 17.8. The topological polar surface area (TPSA) is 69.0 Å². The highest BCUT2D eigenvalue weighted by Gasteiger charge is 2.09. The van der Waals surface area contributed by atoms with Crippen molar-refractivity contribution >= 4 is 11.6 Å². The van der Waals surface area contributed by atoms with Gasteiger partial charge in [0, 0.05) is 31.5 Å². The van der Waals surface area contributed by atoms with Crippen molar-refractivity contribution in [3.8, 4) is 6.07 Å². The molecule has 5 nitrogen and oxygen atoms in total. The third-order valence-electron chi connectivity index (χ3n) is 2.55. The summed E-state index contributed by atoms with van der Waals surface area (Å²) in [5.74, 6) is -0.171. The Bertz CT molecular complexity index is 439. The second kappa shape index (κ2) is 7.28. The van der Waals surface area contributed by atoms with Crippen molar-refractivity contribution < 1.29 is 4.79 Å². The summed E-state index contributed by atoms with van der Waals surface area (Å²) in [6.45, 7) is 5.92. The molecule has 0 saturated carbocycles. The predicted octanol–water partition coefficient (Wildman–Crippen LogP) is 1.57. The molecule has 0 bridgehead atoms. The van der Waals surface area contributed by atoms with Crippen molar-refractivity contribution in [1.82, 2.24) is 10.3 Å². The lowest BCUT2D eigenvalue weighted by Gasteiger charge is -2.21. The van der Waals surface area contributed by atoms with Crippen LogP contribution in [-0.4, -0.2) is 30.5 Å². The molecule has 1 amide bonds. The van der Waals surface area contributed by atoms with Gasteiger partial charge in [-0.15, -0.1) is 0 Å². The minimum atomic E-state index is -0.171. The molecule has 0 saturated heterocycles. The molecule has 0 unspecified atom stereocenters. The fraction of sp³-hybridized carbons (Fsp3) is 0.462. The summed E-state index contributed by atoms with van der Waals surface area (Å²) >= 11 is 0. The van der Waals surface area contributed by atoms with Gasteiger partial charge in [0.2, 0.25) is 0 Å². The van der Waals surface area contributed by atoms with Gasteiger partial charge in [-0.3, -0.25) is 9.78 Å². The van der Waals surface area contributed by atoms with E-state index in [1.165, 1.54) is 0 Å². The first-order valence-corrected chi connectivity index (χ1v) is 6.09. The minimum Gasteiger partial charge on any atom is -0.371 e. The maximum atomic E-state index is 11.7. The summed E-state index contributed by atoms with van der Waals surface area (Å²) in [6, 6.07) is 5.73. The monoisotopic (exact) mass is 246 g/mol. The Morgan fingerprint density at radius 3 is 2.94 bits per heavy atom. The first-order valence-electron chi connectivity index (χ1n) is 6.09. The molecule has 1 rings (SSSR count). The molecule has 1 aromatic rings. The first-order chi connectivity index (χ1) is 8.72. The van der Waals surface area contributed by atoms with Crippen LogP contribution in [0.5, 0.6) is 0 Å². The zero-order valence-electron chi connectivity index (χ0n) is 10.8. The number of nitrogens with zero attached hydrogens (tertiary/aromatic N) is 3. The normalized spacial score (nSPS) is 9.61. The van der Waals surface area contributed by atoms with E-state index in [9.17, 15) is 4.79 Å². The zero-order valence-corrected chi connectivity index (χ0v) is 10.8. The second-order valence-corrected chi connectivity index (χ2v) is 3.75. The summed E-state index contributed by atoms with van der Waals surface area (Å²) in [7, 11) is 0. The van der Waals surface area contributed by atoms with Gasteiger partial charge in [-0.1, -0.05) is 0 Å². The SMILES string of the molecule is CCNC(=O)c1cc(N(CC)CCC#N)ccn1. The van der Waals surface area contributed by atoms with Gasteiger partial charge in [0.15, 0.2) is 0 Å². The molecule has 5 heteroatoms. The third kappa shape index (κ3) is 3.74. The third-order valence-corrected chi connectivity index (χ3v) is 2.55. The van der Waals surface area contributed by atoms with E-state index in [4.69, 9.17) is 5.26 Å². The lowest BCUT2D eigenvalue weighted by molar-refractivity contribution is 0.0951. The average molecular weight is 246 g/mol. The van der Waals surface area contributed by atoms with Gasteiger partial charge < -0.3 is 10.2 Å². The van der Waals surface area contributed by atoms with Gasteiger partial charge >= 0.3 is 0 Å². The number of anilines is 1. The van der Waals surface area contributed by atoms with Gasteiger partial charge in [-0.2, -0.15) is 5.26 Å². The van der Waals surface area contributed by atoms with Crippen LogP contribution >= 0.6 is 0 Å². The minimum absolute atomic E-state index is 0.171. The van der Waals surface area contributed by atoms with Crippen LogP contribution in [0.15, 0.2) is 18.3 Å². The standard InChI is InChI=1S/C13H18N4O/c1-3-15-13(18)12-10-11(6-8-16-12)17(4-2)9-5-7-14/h6,8,10H,3-5,9H2,1-2H3,(H,15,18). The molecule has 18 heavy (non-hydrogen) atoms. The van der Waals surface area contributed by atoms with E-state index < -0.39 is 0 Å². The Balaban J connectivity index is 2.86. The maximum Gasteiger partial charge on any atom is 0.269 e. The Hall–Kier alpha value is -2.09. The van der Waals surface area contributed by atoms with E-state index in [1.54, 1.807) is 12.3 Å². The number of carbonyl (C=O) groups is 1. The molecule has 0 radical (unpaired) electrons. The number of aromatic nitrogens is 1. The summed E-state index contributed by atoms with van der Waals surface area (Å²) < 4.78 is 0. The van der Waals surface area contributed by atoms with Gasteiger partial charge in [-0.25, -0.2) is 0 Å². The molecule has 0 aliphatic rings. The van der Waals surface area contributed by atoms with E-state index in [0.29, 0.717) is 25.2 Å². The Kier molecular flexibility index (Phi) is 5.65. The van der Waals surface area contributed by atoms with Crippen LogP contribution < -0.4 is 10.2 Å². The summed E-state index contributed by atoms with van der Waals surface area (Å²) in [5, 5.41) is 11.3. The molecule has 96 valence electrons. The molecule has 1 aromatic heterocycles. The van der Waals surface area contributed by atoms with Gasteiger partial charge in [0.1, 0.15) is 5.69 Å². The molecular weight excluding hydrogens is 228 g/mol. The number of rotatable bonds is 6. The maximum absolute atomic E-state index is 11.7. The lowest BCUT2D eigenvalue weighted by atomic mass is 10.2. The molecular formula is C13H18N4O. The molecule has 1 heterocycles. The van der Waals surface area contributed by atoms with Crippen LogP contribution in [0.4, 0.5) is 5.69 Å². The molecule has 1 N–H and O–H groups in total. The van der Waals surface area contributed by atoms with Crippen molar-refractivity contribution in [2.45, 2.75) is 20.3 Å². The number of nitrogens with one attached hydrogen (secondary N) is 1. The molecule has 0 aliphatic carbocycles. The number of amides is 1. The molecule has 0 atom stereocenters. The van der Waals surface area contributed by atoms with Crippen LogP contribution in [0.3, 0.4) is 0 Å². The Labute approximate surface area is 107 Å². The van der Waals surface area contributed by atoms with Crippen LogP contribution in [0.2, 0.25) is 0 Å². The van der Waals surface area contributed by atoms with E-state index in [-0.39, 0.29) is 5.91 Å². The van der Waals surface area contributed by atoms with E-state index in [1.807, 2.05) is 24.8 Å². The van der Waals surface area contributed by atoms with Crippen LogP contribution in [0, 0.1) is 11.3 Å². The highest BCUT2D eigenvalue weighted by atomic mass is 16.1. The number of pyridine rings is 1. The Morgan fingerprint density at radius 2 is 2.33 bits per heavy atom. The largest absolute Gasteiger partial charge is 0.371 e. The highest BCUT2D eigenvalue weighted by molar-refractivity contribution is 5.93. The van der Waals surface area contributed by atoms with Gasteiger partial charge in [0.25, 0.3) is 5.91 Å². The highest BCUT2D eigenvalue weighted by Crippen LogP contribution is 2.14. The number of nitriles is 1. The van der Waals surface area contributed by atoms with Crippen molar-refractivity contribution in [2.75, 3.05) is 24.5 Å². The fourth-order valence-electron chi connectivity index (χ4n) is 1.65. The fourth-order valence-corrected chi connectivity index (χ4v) is 1.65. The molecule has 0 aliphatic heterocycles. The van der Waals surface area contributed by atoms with Gasteiger partial charge in [-0.05, 0) is 26.0 Å². The predicted molar refractivity (Wildman–Crippen MR) is 70.4 cm³/mol. The number of carbonyl (C=O) groups excluding carboxylic acids is 1. The number of hydrogen-bond acceptors (Lipinski definition) is 4. The van der Waals surface area contributed by atoms with Crippen molar-refractivity contribution in [3.05, 3.63) is 24.0 Å². The molecule has 0 aromatic carbocycles. The summed E-state index contributed by atoms with van der Waals surface area (Å²) in [6.07, 6.45) is 2.08. The Morgan fingerprint density at radius 1 is 1.56 bits per heavy atom. The quantitative estimate of drug-likeness (QED) is 0.827. The van der Waals surface area contributed by atoms with E-state index in [0.717, 1.165) is 12.2 Å². The van der Waals surface area contributed by atoms with Crippen LogP contribution in [0.25, 0.3) is 0 Å². The van der Waals surface area contributed by atoms with Gasteiger partial charge in [0.05, 0.1) is 12.5 Å². The molecule has 0 spiro atoms. The van der Waals surface area contributed by atoms with E-state index >= 15 is 0 Å². The smallest absolute Gasteiger partial charge is 0.269 e. The van der Waals surface area contributed by atoms with E-state index in [2.05, 4.69) is 16.4 Å². The van der Waals surface area contributed by atoms with Crippen molar-refractivity contribution in [3.63, 3.8) is 0 Å².